The Labute approximate surface area is 127 Å². The van der Waals surface area contributed by atoms with E-state index in [1.807, 2.05) is 0 Å². The molecule has 1 N–H and O–H groups in total. The fourth-order valence-electron chi connectivity index (χ4n) is 3.03. The Bertz CT molecular complexity index is 660. The number of H-pyrrole nitrogens is 1. The summed E-state index contributed by atoms with van der Waals surface area (Å²) in [6, 6.07) is 3.70. The Morgan fingerprint density at radius 3 is 3.05 bits per heavy atom. The number of nitrogens with zero attached hydrogens (tertiary/aromatic N) is 3. The van der Waals surface area contributed by atoms with Gasteiger partial charge in [0.15, 0.2) is 0 Å². The van der Waals surface area contributed by atoms with Crippen LogP contribution in [0.4, 0.5) is 10.1 Å². The van der Waals surface area contributed by atoms with Crippen molar-refractivity contribution in [3.05, 3.63) is 57.9 Å². The second kappa shape index (κ2) is 6.23. The Morgan fingerprint density at radius 1 is 1.45 bits per heavy atom. The van der Waals surface area contributed by atoms with E-state index in [0.717, 1.165) is 37.7 Å². The molecule has 2 aromatic rings. The molecule has 6 nitrogen and oxygen atoms in total. The average molecular weight is 304 g/mol. The van der Waals surface area contributed by atoms with Crippen LogP contribution in [-0.2, 0) is 6.54 Å². The first-order chi connectivity index (χ1) is 10.6. The van der Waals surface area contributed by atoms with Crippen molar-refractivity contribution < 1.29 is 9.31 Å². The van der Waals surface area contributed by atoms with Crippen LogP contribution in [0.1, 0.15) is 36.7 Å². The Kier molecular flexibility index (Phi) is 4.15. The number of nitro benzene ring substituents is 1. The molecule has 2 heterocycles. The highest BCUT2D eigenvalue weighted by Gasteiger charge is 2.28. The maximum absolute atomic E-state index is 13.5. The van der Waals surface area contributed by atoms with E-state index in [1.165, 1.54) is 12.1 Å². The molecule has 1 aromatic carbocycles. The van der Waals surface area contributed by atoms with Crippen molar-refractivity contribution in [2.45, 2.75) is 31.8 Å². The summed E-state index contributed by atoms with van der Waals surface area (Å²) in [6.07, 6.45) is 6.53. The van der Waals surface area contributed by atoms with E-state index in [9.17, 15) is 14.5 Å². The second-order valence-electron chi connectivity index (χ2n) is 5.49. The molecule has 1 aromatic heterocycles. The van der Waals surface area contributed by atoms with Crippen LogP contribution in [0.2, 0.25) is 0 Å². The molecule has 1 aliphatic heterocycles. The molecule has 0 aliphatic carbocycles. The number of hydrogen-bond donors (Lipinski definition) is 1. The molecule has 1 fully saturated rings. The predicted octanol–water partition coefficient (Wildman–Crippen LogP) is 3.18. The zero-order valence-electron chi connectivity index (χ0n) is 12.0. The van der Waals surface area contributed by atoms with Gasteiger partial charge in [-0.3, -0.25) is 15.0 Å². The van der Waals surface area contributed by atoms with Gasteiger partial charge >= 0.3 is 0 Å². The van der Waals surface area contributed by atoms with Crippen LogP contribution in [0.5, 0.6) is 0 Å². The molecule has 1 atom stereocenters. The van der Waals surface area contributed by atoms with Crippen LogP contribution in [0.15, 0.2) is 30.6 Å². The van der Waals surface area contributed by atoms with Crippen LogP contribution in [0.25, 0.3) is 0 Å². The number of benzene rings is 1. The molecule has 0 spiro atoms. The summed E-state index contributed by atoms with van der Waals surface area (Å²) < 4.78 is 13.5. The molecule has 7 heteroatoms. The zero-order chi connectivity index (χ0) is 15.5. The van der Waals surface area contributed by atoms with Crippen LogP contribution in [0, 0.1) is 15.9 Å². The number of nitrogens with one attached hydrogen (secondary N) is 1. The van der Waals surface area contributed by atoms with Crippen molar-refractivity contribution in [3.8, 4) is 0 Å². The highest BCUT2D eigenvalue weighted by molar-refractivity contribution is 5.40. The number of hydrogen-bond acceptors (Lipinski definition) is 4. The number of piperidine rings is 1. The third kappa shape index (κ3) is 2.99. The topological polar surface area (TPSA) is 75.1 Å². The van der Waals surface area contributed by atoms with Gasteiger partial charge in [0.1, 0.15) is 11.6 Å². The number of likely N-dealkylation sites (tertiary alicyclic amines) is 1. The number of aromatic nitrogens is 2. The maximum Gasteiger partial charge on any atom is 0.274 e. The molecule has 0 saturated carbocycles. The SMILES string of the molecule is O=[N+]([O-])c1ccc(F)cc1CN1CCCCC1c1ncc[nH]1. The lowest BCUT2D eigenvalue weighted by Crippen LogP contribution is -2.33. The molecule has 3 rings (SSSR count). The van der Waals surface area contributed by atoms with E-state index < -0.39 is 10.7 Å². The lowest BCUT2D eigenvalue weighted by atomic mass is 10.00. The number of rotatable bonds is 4. The van der Waals surface area contributed by atoms with Gasteiger partial charge in [0.2, 0.25) is 0 Å². The zero-order valence-corrected chi connectivity index (χ0v) is 12.0. The van der Waals surface area contributed by atoms with E-state index in [0.29, 0.717) is 12.1 Å². The van der Waals surface area contributed by atoms with Crippen molar-refractivity contribution in [2.24, 2.45) is 0 Å². The van der Waals surface area contributed by atoms with E-state index in [4.69, 9.17) is 0 Å². The minimum atomic E-state index is -0.458. The molecule has 22 heavy (non-hydrogen) atoms. The summed E-state index contributed by atoms with van der Waals surface area (Å²) in [5.41, 5.74) is 0.369. The molecule has 1 unspecified atom stereocenters. The molecule has 0 bridgehead atoms. The third-order valence-electron chi connectivity index (χ3n) is 4.06. The fourth-order valence-corrected chi connectivity index (χ4v) is 3.03. The van der Waals surface area contributed by atoms with Crippen LogP contribution >= 0.6 is 0 Å². The lowest BCUT2D eigenvalue weighted by molar-refractivity contribution is -0.385. The lowest BCUT2D eigenvalue weighted by Gasteiger charge is -2.34. The molecule has 0 amide bonds. The molecular weight excluding hydrogens is 287 g/mol. The smallest absolute Gasteiger partial charge is 0.274 e. The number of nitro groups is 1. The second-order valence-corrected chi connectivity index (χ2v) is 5.49. The van der Waals surface area contributed by atoms with Crippen LogP contribution in [0.3, 0.4) is 0 Å². The summed E-state index contributed by atoms with van der Waals surface area (Å²) in [6.45, 7) is 1.17. The van der Waals surface area contributed by atoms with E-state index in [1.54, 1.807) is 12.4 Å². The summed E-state index contributed by atoms with van der Waals surface area (Å²) in [4.78, 5) is 20.2. The van der Waals surface area contributed by atoms with Gasteiger partial charge in [-0.15, -0.1) is 0 Å². The summed E-state index contributed by atoms with van der Waals surface area (Å²) in [5.74, 6) is 0.408. The van der Waals surface area contributed by atoms with Crippen molar-refractivity contribution in [1.29, 1.82) is 0 Å². The first kappa shape index (κ1) is 14.6. The van der Waals surface area contributed by atoms with Gasteiger partial charge in [-0.05, 0) is 31.5 Å². The normalized spacial score (nSPS) is 19.2. The Hall–Kier alpha value is -2.28. The Morgan fingerprint density at radius 2 is 2.32 bits per heavy atom. The minimum absolute atomic E-state index is 0.0369. The van der Waals surface area contributed by atoms with Gasteiger partial charge < -0.3 is 4.98 Å². The van der Waals surface area contributed by atoms with Gasteiger partial charge in [0.05, 0.1) is 11.0 Å². The molecule has 1 aliphatic rings. The largest absolute Gasteiger partial charge is 0.347 e. The molecule has 116 valence electrons. The summed E-state index contributed by atoms with van der Waals surface area (Å²) in [7, 11) is 0. The van der Waals surface area contributed by atoms with Crippen molar-refractivity contribution in [3.63, 3.8) is 0 Å². The van der Waals surface area contributed by atoms with Crippen LogP contribution < -0.4 is 0 Å². The molecule has 0 radical (unpaired) electrons. The quantitative estimate of drug-likeness (QED) is 0.695. The highest BCUT2D eigenvalue weighted by Crippen LogP contribution is 2.32. The van der Waals surface area contributed by atoms with Gasteiger partial charge in [-0.25, -0.2) is 9.37 Å². The van der Waals surface area contributed by atoms with Gasteiger partial charge in [0.25, 0.3) is 5.69 Å². The number of imidazole rings is 1. The summed E-state index contributed by atoms with van der Waals surface area (Å²) in [5, 5.41) is 11.1. The monoisotopic (exact) mass is 304 g/mol. The third-order valence-corrected chi connectivity index (χ3v) is 4.06. The van der Waals surface area contributed by atoms with Crippen molar-refractivity contribution in [2.75, 3.05) is 6.54 Å². The predicted molar refractivity (Wildman–Crippen MR) is 78.6 cm³/mol. The van der Waals surface area contributed by atoms with Crippen molar-refractivity contribution >= 4 is 5.69 Å². The van der Waals surface area contributed by atoms with Crippen LogP contribution in [-0.4, -0.2) is 26.3 Å². The fraction of sp³-hybridized carbons (Fsp3) is 0.400. The molecular formula is C15H17FN4O2. The molecule has 1 saturated heterocycles. The number of halogens is 1. The average Bonchev–Trinajstić information content (AvgIpc) is 3.01. The van der Waals surface area contributed by atoms with Crippen molar-refractivity contribution in [1.82, 2.24) is 14.9 Å². The van der Waals surface area contributed by atoms with Gasteiger partial charge in [-0.1, -0.05) is 6.42 Å². The van der Waals surface area contributed by atoms with E-state index >= 15 is 0 Å². The Balaban J connectivity index is 1.87. The maximum atomic E-state index is 13.5. The van der Waals surface area contributed by atoms with Gasteiger partial charge in [0, 0.05) is 30.6 Å². The first-order valence-corrected chi connectivity index (χ1v) is 7.31. The van der Waals surface area contributed by atoms with E-state index in [-0.39, 0.29) is 11.7 Å². The first-order valence-electron chi connectivity index (χ1n) is 7.31. The summed E-state index contributed by atoms with van der Waals surface area (Å²) >= 11 is 0. The standard InChI is InChI=1S/C15H17FN4O2/c16-12-4-5-13(20(21)22)11(9-12)10-19-8-2-1-3-14(19)15-17-6-7-18-15/h4-7,9,14H,1-3,8,10H2,(H,17,18). The van der Waals surface area contributed by atoms with E-state index in [2.05, 4.69) is 14.9 Å². The van der Waals surface area contributed by atoms with Gasteiger partial charge in [-0.2, -0.15) is 0 Å². The number of aromatic amines is 1. The highest BCUT2D eigenvalue weighted by atomic mass is 19.1. The minimum Gasteiger partial charge on any atom is -0.347 e.